The lowest BCUT2D eigenvalue weighted by atomic mass is 9.98. The molecule has 0 saturated carbocycles. The quantitative estimate of drug-likeness (QED) is 0.715. The fraction of sp³-hybridized carbons (Fsp3) is 0.846. The van der Waals surface area contributed by atoms with E-state index < -0.39 is 5.97 Å². The van der Waals surface area contributed by atoms with E-state index in [0.717, 1.165) is 38.9 Å². The van der Waals surface area contributed by atoms with Crippen LogP contribution in [0, 0.1) is 5.92 Å². The molecule has 104 valence electrons. The van der Waals surface area contributed by atoms with Crippen molar-refractivity contribution < 1.29 is 14.7 Å². The third-order valence-corrected chi connectivity index (χ3v) is 3.31. The lowest BCUT2D eigenvalue weighted by Gasteiger charge is -2.32. The van der Waals surface area contributed by atoms with Crippen molar-refractivity contribution in [3.05, 3.63) is 0 Å². The van der Waals surface area contributed by atoms with Gasteiger partial charge < -0.3 is 15.3 Å². The fourth-order valence-electron chi connectivity index (χ4n) is 2.35. The summed E-state index contributed by atoms with van der Waals surface area (Å²) < 4.78 is 0. The van der Waals surface area contributed by atoms with Gasteiger partial charge in [0.05, 0.1) is 6.42 Å². The molecule has 1 aliphatic rings. The zero-order valence-electron chi connectivity index (χ0n) is 11.2. The molecule has 1 aliphatic heterocycles. The molecule has 0 aromatic heterocycles. The molecule has 1 amide bonds. The van der Waals surface area contributed by atoms with Gasteiger partial charge in [0, 0.05) is 26.1 Å². The first kappa shape index (κ1) is 15.0. The summed E-state index contributed by atoms with van der Waals surface area (Å²) in [5.41, 5.74) is 0. The van der Waals surface area contributed by atoms with Gasteiger partial charge in [-0.05, 0) is 31.7 Å². The molecule has 1 heterocycles. The monoisotopic (exact) mass is 256 g/mol. The number of carboxylic acid groups (broad SMARTS) is 1. The summed E-state index contributed by atoms with van der Waals surface area (Å²) in [4.78, 5) is 24.1. The van der Waals surface area contributed by atoms with E-state index >= 15 is 0 Å². The minimum atomic E-state index is -0.742. The smallest absolute Gasteiger partial charge is 0.304 e. The van der Waals surface area contributed by atoms with Crippen LogP contribution in [0.4, 0.5) is 0 Å². The fourth-order valence-corrected chi connectivity index (χ4v) is 2.35. The van der Waals surface area contributed by atoms with Crippen molar-refractivity contribution in [3.8, 4) is 0 Å². The number of amides is 1. The second-order valence-electron chi connectivity index (χ2n) is 5.01. The van der Waals surface area contributed by atoms with Gasteiger partial charge in [-0.1, -0.05) is 6.92 Å². The molecule has 0 radical (unpaired) electrons. The highest BCUT2D eigenvalue weighted by Crippen LogP contribution is 2.15. The van der Waals surface area contributed by atoms with Gasteiger partial charge in [-0.25, -0.2) is 0 Å². The van der Waals surface area contributed by atoms with Gasteiger partial charge in [0.25, 0.3) is 0 Å². The van der Waals surface area contributed by atoms with Crippen molar-refractivity contribution in [2.45, 2.75) is 39.0 Å². The number of carbonyl (C=O) groups is 2. The molecule has 0 aromatic rings. The van der Waals surface area contributed by atoms with Crippen LogP contribution in [-0.2, 0) is 9.59 Å². The minimum absolute atomic E-state index is 0.125. The first-order valence-corrected chi connectivity index (χ1v) is 6.82. The Morgan fingerprint density at radius 2 is 2.17 bits per heavy atom. The maximum absolute atomic E-state index is 11.4. The normalized spacial score (nSPS) is 20.6. The van der Waals surface area contributed by atoms with Crippen molar-refractivity contribution in [1.82, 2.24) is 10.2 Å². The van der Waals surface area contributed by atoms with Crippen LogP contribution in [0.15, 0.2) is 0 Å². The van der Waals surface area contributed by atoms with Crippen LogP contribution in [0.25, 0.3) is 0 Å². The van der Waals surface area contributed by atoms with E-state index in [2.05, 4.69) is 10.2 Å². The number of nitrogens with one attached hydrogen (secondary N) is 1. The van der Waals surface area contributed by atoms with Crippen LogP contribution in [0.2, 0.25) is 0 Å². The van der Waals surface area contributed by atoms with E-state index in [1.165, 1.54) is 0 Å². The molecule has 1 saturated heterocycles. The lowest BCUT2D eigenvalue weighted by molar-refractivity contribution is -0.137. The molecular weight excluding hydrogens is 232 g/mol. The predicted octanol–water partition coefficient (Wildman–Crippen LogP) is 1.09. The number of carbonyl (C=O) groups excluding carboxylic acids is 1. The standard InChI is InChI=1S/C13H24N2O3/c1-2-4-12(16)14-9-11-5-3-7-15(10-11)8-6-13(17)18/h11H,2-10H2,1H3,(H,14,16)(H,17,18)/t11-/m0/s1. The highest BCUT2D eigenvalue weighted by molar-refractivity contribution is 5.75. The van der Waals surface area contributed by atoms with Crippen LogP contribution in [0.1, 0.15) is 39.0 Å². The minimum Gasteiger partial charge on any atom is -0.481 e. The number of piperidine rings is 1. The lowest BCUT2D eigenvalue weighted by Crippen LogP contribution is -2.41. The van der Waals surface area contributed by atoms with Gasteiger partial charge in [-0.3, -0.25) is 9.59 Å². The molecule has 2 N–H and O–H groups in total. The molecule has 0 bridgehead atoms. The van der Waals surface area contributed by atoms with Crippen molar-refractivity contribution in [3.63, 3.8) is 0 Å². The van der Waals surface area contributed by atoms with E-state index in [1.54, 1.807) is 0 Å². The van der Waals surface area contributed by atoms with Crippen LogP contribution in [-0.4, -0.2) is 48.1 Å². The SMILES string of the molecule is CCCC(=O)NC[C@@H]1CCCN(CCC(=O)O)C1. The number of nitrogens with zero attached hydrogens (tertiary/aromatic N) is 1. The average molecular weight is 256 g/mol. The highest BCUT2D eigenvalue weighted by Gasteiger charge is 2.20. The largest absolute Gasteiger partial charge is 0.481 e. The number of hydrogen-bond acceptors (Lipinski definition) is 3. The topological polar surface area (TPSA) is 69.6 Å². The summed E-state index contributed by atoms with van der Waals surface area (Å²) in [5, 5.41) is 11.6. The molecule has 1 fully saturated rings. The molecular formula is C13H24N2O3. The van der Waals surface area contributed by atoms with Gasteiger partial charge in [0.1, 0.15) is 0 Å². The van der Waals surface area contributed by atoms with E-state index in [9.17, 15) is 9.59 Å². The number of carboxylic acids is 1. The highest BCUT2D eigenvalue weighted by atomic mass is 16.4. The second kappa shape index (κ2) is 8.08. The van der Waals surface area contributed by atoms with Gasteiger partial charge >= 0.3 is 5.97 Å². The zero-order valence-corrected chi connectivity index (χ0v) is 11.2. The molecule has 0 aromatic carbocycles. The second-order valence-corrected chi connectivity index (χ2v) is 5.01. The summed E-state index contributed by atoms with van der Waals surface area (Å²) in [7, 11) is 0. The average Bonchev–Trinajstić information content (AvgIpc) is 2.35. The van der Waals surface area contributed by atoms with Gasteiger partial charge in [-0.15, -0.1) is 0 Å². The third-order valence-electron chi connectivity index (χ3n) is 3.31. The Hall–Kier alpha value is -1.10. The molecule has 0 unspecified atom stereocenters. The van der Waals surface area contributed by atoms with Gasteiger partial charge in [0.2, 0.25) is 5.91 Å². The number of hydrogen-bond donors (Lipinski definition) is 2. The van der Waals surface area contributed by atoms with E-state index in [4.69, 9.17) is 5.11 Å². The number of rotatable bonds is 7. The van der Waals surface area contributed by atoms with Crippen LogP contribution >= 0.6 is 0 Å². The Balaban J connectivity index is 2.21. The van der Waals surface area contributed by atoms with E-state index in [1.807, 2.05) is 6.92 Å². The summed E-state index contributed by atoms with van der Waals surface area (Å²) >= 11 is 0. The van der Waals surface area contributed by atoms with Crippen LogP contribution in [0.3, 0.4) is 0 Å². The van der Waals surface area contributed by atoms with Crippen molar-refractivity contribution >= 4 is 11.9 Å². The summed E-state index contributed by atoms with van der Waals surface area (Å²) in [6.07, 6.45) is 3.88. The van der Waals surface area contributed by atoms with Crippen molar-refractivity contribution in [1.29, 1.82) is 0 Å². The number of aliphatic carboxylic acids is 1. The molecule has 18 heavy (non-hydrogen) atoms. The number of likely N-dealkylation sites (tertiary alicyclic amines) is 1. The maximum Gasteiger partial charge on any atom is 0.304 e. The Bertz CT molecular complexity index is 281. The summed E-state index contributed by atoms with van der Waals surface area (Å²) in [5.74, 6) is -0.151. The van der Waals surface area contributed by atoms with Crippen LogP contribution in [0.5, 0.6) is 0 Å². The molecule has 5 heteroatoms. The molecule has 0 aliphatic carbocycles. The summed E-state index contributed by atoms with van der Waals surface area (Å²) in [6, 6.07) is 0. The van der Waals surface area contributed by atoms with Gasteiger partial charge in [-0.2, -0.15) is 0 Å². The Labute approximate surface area is 109 Å². The molecule has 1 rings (SSSR count). The van der Waals surface area contributed by atoms with Crippen molar-refractivity contribution in [2.24, 2.45) is 5.92 Å². The third kappa shape index (κ3) is 6.00. The Morgan fingerprint density at radius 1 is 1.39 bits per heavy atom. The first-order chi connectivity index (χ1) is 8.61. The first-order valence-electron chi connectivity index (χ1n) is 6.82. The van der Waals surface area contributed by atoms with Crippen molar-refractivity contribution in [2.75, 3.05) is 26.2 Å². The molecule has 0 spiro atoms. The zero-order chi connectivity index (χ0) is 13.4. The van der Waals surface area contributed by atoms with Gasteiger partial charge in [0.15, 0.2) is 0 Å². The van der Waals surface area contributed by atoms with E-state index in [0.29, 0.717) is 18.9 Å². The maximum atomic E-state index is 11.4. The van der Waals surface area contributed by atoms with Crippen LogP contribution < -0.4 is 5.32 Å². The Morgan fingerprint density at radius 3 is 2.83 bits per heavy atom. The Kier molecular flexibility index (Phi) is 6.72. The van der Waals surface area contributed by atoms with E-state index in [-0.39, 0.29) is 12.3 Å². The molecule has 5 nitrogen and oxygen atoms in total. The molecule has 1 atom stereocenters. The predicted molar refractivity (Wildman–Crippen MR) is 69.3 cm³/mol. The summed E-state index contributed by atoms with van der Waals surface area (Å²) in [6.45, 7) is 5.22.